The van der Waals surface area contributed by atoms with Crippen molar-refractivity contribution in [3.63, 3.8) is 0 Å². The summed E-state index contributed by atoms with van der Waals surface area (Å²) in [7, 11) is 0. The van der Waals surface area contributed by atoms with Crippen molar-refractivity contribution in [3.8, 4) is 0 Å². The molecule has 0 aromatic rings. The molecular formula is C8H11NO4. The Morgan fingerprint density at radius 1 is 1.15 bits per heavy atom. The van der Waals surface area contributed by atoms with E-state index in [2.05, 4.69) is 5.32 Å². The van der Waals surface area contributed by atoms with Crippen LogP contribution in [0.1, 0.15) is 12.8 Å². The van der Waals surface area contributed by atoms with E-state index < -0.39 is 23.9 Å². The van der Waals surface area contributed by atoms with Gasteiger partial charge >= 0.3 is 11.9 Å². The van der Waals surface area contributed by atoms with E-state index in [0.717, 1.165) is 0 Å². The predicted molar refractivity (Wildman–Crippen MR) is 42.2 cm³/mol. The van der Waals surface area contributed by atoms with Crippen molar-refractivity contribution in [3.05, 3.63) is 0 Å². The summed E-state index contributed by atoms with van der Waals surface area (Å²) < 4.78 is 0. The molecule has 13 heavy (non-hydrogen) atoms. The number of piperidine rings is 1. The first-order chi connectivity index (χ1) is 6.09. The summed E-state index contributed by atoms with van der Waals surface area (Å²) in [4.78, 5) is 21.4. The lowest BCUT2D eigenvalue weighted by Crippen LogP contribution is -2.46. The average Bonchev–Trinajstić information content (AvgIpc) is 2.60. The number of carbonyl (C=O) groups is 2. The third-order valence-corrected chi connectivity index (χ3v) is 3.04. The fourth-order valence-electron chi connectivity index (χ4n) is 2.49. The summed E-state index contributed by atoms with van der Waals surface area (Å²) in [5, 5.41) is 20.5. The van der Waals surface area contributed by atoms with Gasteiger partial charge in [0.1, 0.15) is 6.04 Å². The quantitative estimate of drug-likeness (QED) is 0.541. The highest BCUT2D eigenvalue weighted by atomic mass is 16.4. The highest BCUT2D eigenvalue weighted by Gasteiger charge is 2.51. The summed E-state index contributed by atoms with van der Waals surface area (Å²) in [6, 6.07) is -0.563. The van der Waals surface area contributed by atoms with Crippen molar-refractivity contribution in [1.82, 2.24) is 5.32 Å². The van der Waals surface area contributed by atoms with Gasteiger partial charge in [0.2, 0.25) is 0 Å². The van der Waals surface area contributed by atoms with Crippen molar-refractivity contribution in [1.29, 1.82) is 0 Å². The number of nitrogens with one attached hydrogen (secondary N) is 1. The normalized spacial score (nSPS) is 42.2. The van der Waals surface area contributed by atoms with Crippen LogP contribution in [0, 0.1) is 11.8 Å². The second-order valence-corrected chi connectivity index (χ2v) is 3.76. The molecule has 1 saturated heterocycles. The van der Waals surface area contributed by atoms with Gasteiger partial charge in [0, 0.05) is 6.04 Å². The summed E-state index contributed by atoms with van der Waals surface area (Å²) in [5.74, 6) is -2.48. The van der Waals surface area contributed by atoms with Crippen molar-refractivity contribution < 1.29 is 19.8 Å². The van der Waals surface area contributed by atoms with Crippen LogP contribution in [0.4, 0.5) is 0 Å². The van der Waals surface area contributed by atoms with E-state index in [9.17, 15) is 9.59 Å². The van der Waals surface area contributed by atoms with E-state index >= 15 is 0 Å². The van der Waals surface area contributed by atoms with Gasteiger partial charge in [0.05, 0.1) is 5.92 Å². The molecule has 5 heteroatoms. The maximum Gasteiger partial charge on any atom is 0.321 e. The van der Waals surface area contributed by atoms with E-state index in [1.54, 1.807) is 0 Å². The zero-order valence-electron chi connectivity index (χ0n) is 6.93. The minimum Gasteiger partial charge on any atom is -0.481 e. The fourth-order valence-corrected chi connectivity index (χ4v) is 2.49. The molecule has 0 radical (unpaired) electrons. The molecule has 4 atom stereocenters. The monoisotopic (exact) mass is 185 g/mol. The summed E-state index contributed by atoms with van der Waals surface area (Å²) in [6.45, 7) is 0. The minimum atomic E-state index is -0.932. The van der Waals surface area contributed by atoms with Crippen molar-refractivity contribution in [2.75, 3.05) is 0 Å². The van der Waals surface area contributed by atoms with Crippen LogP contribution < -0.4 is 5.32 Å². The molecule has 1 heterocycles. The Kier molecular flexibility index (Phi) is 1.76. The van der Waals surface area contributed by atoms with Crippen LogP contribution in [-0.4, -0.2) is 34.2 Å². The molecule has 0 unspecified atom stereocenters. The van der Waals surface area contributed by atoms with Crippen molar-refractivity contribution >= 4 is 11.9 Å². The first kappa shape index (κ1) is 8.50. The summed E-state index contributed by atoms with van der Waals surface area (Å²) in [5.41, 5.74) is 0. The fraction of sp³-hybridized carbons (Fsp3) is 0.750. The zero-order chi connectivity index (χ0) is 9.59. The Hall–Kier alpha value is -1.10. The average molecular weight is 185 g/mol. The molecule has 5 nitrogen and oxygen atoms in total. The molecule has 3 N–H and O–H groups in total. The lowest BCUT2D eigenvalue weighted by molar-refractivity contribution is -0.146. The Balaban J connectivity index is 2.15. The van der Waals surface area contributed by atoms with Crippen LogP contribution in [0.3, 0.4) is 0 Å². The first-order valence-electron chi connectivity index (χ1n) is 4.31. The maximum absolute atomic E-state index is 10.7. The summed E-state index contributed by atoms with van der Waals surface area (Å²) >= 11 is 0. The molecule has 0 aromatic heterocycles. The Labute approximate surface area is 74.7 Å². The van der Waals surface area contributed by atoms with Crippen LogP contribution >= 0.6 is 0 Å². The third-order valence-electron chi connectivity index (χ3n) is 3.04. The largest absolute Gasteiger partial charge is 0.481 e. The zero-order valence-corrected chi connectivity index (χ0v) is 6.93. The number of carboxylic acids is 2. The van der Waals surface area contributed by atoms with E-state index in [1.807, 2.05) is 0 Å². The molecule has 1 aliphatic heterocycles. The number of fused-ring (bicyclic) bond motifs is 2. The molecule has 72 valence electrons. The number of carboxylic acid groups (broad SMARTS) is 2. The summed E-state index contributed by atoms with van der Waals surface area (Å²) in [6.07, 6.45) is 1.26. The van der Waals surface area contributed by atoms with Gasteiger partial charge in [-0.15, -0.1) is 0 Å². The number of hydrogen-bond acceptors (Lipinski definition) is 3. The SMILES string of the molecule is O=C(O)[C@@H]1C[C@H]2C[C@@H]1[C@H](C(=O)O)N2. The molecule has 0 amide bonds. The van der Waals surface area contributed by atoms with Gasteiger partial charge in [0.15, 0.2) is 0 Å². The molecular weight excluding hydrogens is 174 g/mol. The Morgan fingerprint density at radius 3 is 2.31 bits per heavy atom. The van der Waals surface area contributed by atoms with Gasteiger partial charge < -0.3 is 15.5 Å². The van der Waals surface area contributed by atoms with Crippen LogP contribution in [0.5, 0.6) is 0 Å². The molecule has 2 bridgehead atoms. The van der Waals surface area contributed by atoms with Crippen LogP contribution in [0.25, 0.3) is 0 Å². The lowest BCUT2D eigenvalue weighted by atomic mass is 9.89. The highest BCUT2D eigenvalue weighted by molar-refractivity contribution is 5.78. The van der Waals surface area contributed by atoms with Gasteiger partial charge in [-0.25, -0.2) is 0 Å². The second kappa shape index (κ2) is 2.70. The number of hydrogen-bond donors (Lipinski definition) is 3. The Morgan fingerprint density at radius 2 is 1.85 bits per heavy atom. The number of aliphatic carboxylic acids is 2. The standard InChI is InChI=1S/C8H11NO4/c10-7(11)5-2-3-1-4(5)6(9-3)8(12)13/h3-6,9H,1-2H2,(H,10,11)(H,12,13)/t3-,4+,5-,6-/m1/s1. The molecule has 2 rings (SSSR count). The van der Waals surface area contributed by atoms with Gasteiger partial charge in [0.25, 0.3) is 0 Å². The van der Waals surface area contributed by atoms with Crippen LogP contribution in [-0.2, 0) is 9.59 Å². The minimum absolute atomic E-state index is 0.0900. The van der Waals surface area contributed by atoms with E-state index in [4.69, 9.17) is 10.2 Å². The molecule has 0 spiro atoms. The van der Waals surface area contributed by atoms with Crippen LogP contribution in [0.2, 0.25) is 0 Å². The molecule has 2 aliphatic rings. The number of rotatable bonds is 2. The smallest absolute Gasteiger partial charge is 0.321 e. The van der Waals surface area contributed by atoms with Crippen molar-refractivity contribution in [2.24, 2.45) is 11.8 Å². The molecule has 1 saturated carbocycles. The Bertz CT molecular complexity index is 241. The van der Waals surface area contributed by atoms with Gasteiger partial charge in [-0.05, 0) is 18.8 Å². The van der Waals surface area contributed by atoms with Gasteiger partial charge in [-0.3, -0.25) is 9.59 Å². The van der Waals surface area contributed by atoms with E-state index in [1.165, 1.54) is 0 Å². The van der Waals surface area contributed by atoms with E-state index in [-0.39, 0.29) is 12.0 Å². The topological polar surface area (TPSA) is 86.6 Å². The molecule has 1 aliphatic carbocycles. The lowest BCUT2D eigenvalue weighted by Gasteiger charge is -2.24. The van der Waals surface area contributed by atoms with Crippen molar-refractivity contribution in [2.45, 2.75) is 24.9 Å². The second-order valence-electron chi connectivity index (χ2n) is 3.76. The first-order valence-corrected chi connectivity index (χ1v) is 4.31. The molecule has 0 aromatic carbocycles. The predicted octanol–water partition coefficient (Wildman–Crippen LogP) is -0.478. The van der Waals surface area contributed by atoms with Gasteiger partial charge in [-0.2, -0.15) is 0 Å². The highest BCUT2D eigenvalue weighted by Crippen LogP contribution is 2.40. The molecule has 2 fully saturated rings. The van der Waals surface area contributed by atoms with E-state index in [0.29, 0.717) is 12.8 Å². The third kappa shape index (κ3) is 1.19. The maximum atomic E-state index is 10.7. The van der Waals surface area contributed by atoms with Gasteiger partial charge in [-0.1, -0.05) is 0 Å². The van der Waals surface area contributed by atoms with Crippen LogP contribution in [0.15, 0.2) is 0 Å².